The standard InChI is InChI=1S/C14H20OSi/c1-5-7-12-8-6-9-13(14(12)15)10-11-16(2,3)4/h6,8-9,15H,5,7H2,1-4H3. The van der Waals surface area contributed by atoms with Gasteiger partial charge in [0.05, 0.1) is 5.56 Å². The lowest BCUT2D eigenvalue weighted by atomic mass is 10.1. The van der Waals surface area contributed by atoms with Gasteiger partial charge in [0.25, 0.3) is 0 Å². The van der Waals surface area contributed by atoms with Gasteiger partial charge in [-0.3, -0.25) is 0 Å². The largest absolute Gasteiger partial charge is 0.506 e. The van der Waals surface area contributed by atoms with Crippen molar-refractivity contribution in [3.8, 4) is 17.2 Å². The van der Waals surface area contributed by atoms with Gasteiger partial charge in [0, 0.05) is 0 Å². The lowest BCUT2D eigenvalue weighted by Crippen LogP contribution is -2.16. The molecule has 86 valence electrons. The average Bonchev–Trinajstić information content (AvgIpc) is 2.18. The van der Waals surface area contributed by atoms with Crippen molar-refractivity contribution in [3.63, 3.8) is 0 Å². The van der Waals surface area contributed by atoms with Crippen LogP contribution in [0, 0.1) is 11.5 Å². The van der Waals surface area contributed by atoms with Crippen molar-refractivity contribution < 1.29 is 5.11 Å². The summed E-state index contributed by atoms with van der Waals surface area (Å²) in [7, 11) is -1.37. The normalized spacial score (nSPS) is 10.8. The molecule has 1 nitrogen and oxygen atoms in total. The van der Waals surface area contributed by atoms with Gasteiger partial charge in [0.1, 0.15) is 13.8 Å². The summed E-state index contributed by atoms with van der Waals surface area (Å²) in [5.74, 6) is 3.48. The summed E-state index contributed by atoms with van der Waals surface area (Å²) in [5, 5.41) is 10.0. The van der Waals surface area contributed by atoms with Gasteiger partial charge >= 0.3 is 0 Å². The van der Waals surface area contributed by atoms with E-state index in [9.17, 15) is 5.11 Å². The molecular formula is C14H20OSi. The van der Waals surface area contributed by atoms with Crippen LogP contribution in [0.2, 0.25) is 19.6 Å². The topological polar surface area (TPSA) is 20.2 Å². The summed E-state index contributed by atoms with van der Waals surface area (Å²) in [6.45, 7) is 8.71. The highest BCUT2D eigenvalue weighted by atomic mass is 28.3. The maximum absolute atomic E-state index is 10.0. The zero-order valence-corrected chi connectivity index (χ0v) is 11.6. The third kappa shape index (κ3) is 3.75. The minimum atomic E-state index is -1.37. The van der Waals surface area contributed by atoms with Gasteiger partial charge in [-0.15, -0.1) is 5.54 Å². The predicted octanol–water partition coefficient (Wildman–Crippen LogP) is 3.57. The fourth-order valence-electron chi connectivity index (χ4n) is 1.42. The number of para-hydroxylation sites is 1. The molecule has 1 rings (SSSR count). The zero-order chi connectivity index (χ0) is 12.2. The van der Waals surface area contributed by atoms with Crippen LogP contribution in [0.3, 0.4) is 0 Å². The van der Waals surface area contributed by atoms with E-state index in [4.69, 9.17) is 0 Å². The summed E-state index contributed by atoms with van der Waals surface area (Å²) in [5.41, 5.74) is 5.05. The molecule has 0 heterocycles. The minimum absolute atomic E-state index is 0.370. The number of hydrogen-bond donors (Lipinski definition) is 1. The Bertz CT molecular complexity index is 419. The molecule has 0 spiro atoms. The van der Waals surface area contributed by atoms with Gasteiger partial charge in [0.2, 0.25) is 0 Å². The fraction of sp³-hybridized carbons (Fsp3) is 0.429. The first-order chi connectivity index (χ1) is 7.44. The summed E-state index contributed by atoms with van der Waals surface area (Å²) in [6, 6.07) is 5.83. The van der Waals surface area contributed by atoms with Crippen molar-refractivity contribution >= 4 is 8.07 Å². The van der Waals surface area contributed by atoms with E-state index in [2.05, 4.69) is 38.0 Å². The summed E-state index contributed by atoms with van der Waals surface area (Å²) in [4.78, 5) is 0. The Morgan fingerprint density at radius 1 is 1.25 bits per heavy atom. The molecule has 16 heavy (non-hydrogen) atoms. The lowest BCUT2D eigenvalue weighted by molar-refractivity contribution is 0.466. The molecule has 0 saturated heterocycles. The molecule has 2 heteroatoms. The van der Waals surface area contributed by atoms with Gasteiger partial charge in [-0.1, -0.05) is 51.0 Å². The highest BCUT2D eigenvalue weighted by Gasteiger charge is 2.09. The van der Waals surface area contributed by atoms with Crippen LogP contribution in [0.25, 0.3) is 0 Å². The van der Waals surface area contributed by atoms with Crippen LogP contribution in [0.15, 0.2) is 18.2 Å². The molecule has 0 bridgehead atoms. The second-order valence-corrected chi connectivity index (χ2v) is 9.81. The average molecular weight is 232 g/mol. The molecule has 1 N–H and O–H groups in total. The molecule has 0 saturated carbocycles. The first-order valence-electron chi connectivity index (χ1n) is 5.78. The molecule has 1 aromatic carbocycles. The van der Waals surface area contributed by atoms with Crippen LogP contribution >= 0.6 is 0 Å². The molecule has 0 aliphatic heterocycles. The molecule has 0 aromatic heterocycles. The first-order valence-corrected chi connectivity index (χ1v) is 9.28. The van der Waals surface area contributed by atoms with Crippen LogP contribution in [0.4, 0.5) is 0 Å². The molecule has 0 aliphatic rings. The highest BCUT2D eigenvalue weighted by molar-refractivity contribution is 6.83. The van der Waals surface area contributed by atoms with Gasteiger partial charge in [-0.2, -0.15) is 0 Å². The minimum Gasteiger partial charge on any atom is -0.506 e. The smallest absolute Gasteiger partial charge is 0.134 e. The summed E-state index contributed by atoms with van der Waals surface area (Å²) in [6.07, 6.45) is 1.95. The van der Waals surface area contributed by atoms with Crippen molar-refractivity contribution in [1.29, 1.82) is 0 Å². The Morgan fingerprint density at radius 2 is 1.94 bits per heavy atom. The van der Waals surface area contributed by atoms with Crippen LogP contribution in [-0.4, -0.2) is 13.2 Å². The second kappa shape index (κ2) is 5.22. The molecule has 1 aromatic rings. The molecular weight excluding hydrogens is 212 g/mol. The van der Waals surface area contributed by atoms with E-state index in [0.717, 1.165) is 24.0 Å². The third-order valence-corrected chi connectivity index (χ3v) is 3.09. The van der Waals surface area contributed by atoms with Gasteiger partial charge in [-0.05, 0) is 18.1 Å². The molecule has 0 atom stereocenters. The maximum atomic E-state index is 10.0. The first kappa shape index (κ1) is 12.9. The quantitative estimate of drug-likeness (QED) is 0.610. The number of aromatic hydroxyl groups is 1. The van der Waals surface area contributed by atoms with Crippen molar-refractivity contribution in [1.82, 2.24) is 0 Å². The van der Waals surface area contributed by atoms with Crippen LogP contribution in [-0.2, 0) is 6.42 Å². The van der Waals surface area contributed by atoms with E-state index in [0.29, 0.717) is 5.75 Å². The summed E-state index contributed by atoms with van der Waals surface area (Å²) >= 11 is 0. The Hall–Kier alpha value is -1.20. The summed E-state index contributed by atoms with van der Waals surface area (Å²) < 4.78 is 0. The number of benzene rings is 1. The van der Waals surface area contributed by atoms with E-state index in [1.54, 1.807) is 0 Å². The maximum Gasteiger partial charge on any atom is 0.134 e. The van der Waals surface area contributed by atoms with Crippen LogP contribution in [0.5, 0.6) is 5.75 Å². The van der Waals surface area contributed by atoms with Gasteiger partial charge in [-0.25, -0.2) is 0 Å². The number of hydrogen-bond acceptors (Lipinski definition) is 1. The molecule has 0 aliphatic carbocycles. The van der Waals surface area contributed by atoms with Crippen molar-refractivity contribution in [2.24, 2.45) is 0 Å². The van der Waals surface area contributed by atoms with Crippen molar-refractivity contribution in [2.75, 3.05) is 0 Å². The molecule has 0 radical (unpaired) electrons. The van der Waals surface area contributed by atoms with Gasteiger partial charge in [0.15, 0.2) is 0 Å². The van der Waals surface area contributed by atoms with Crippen molar-refractivity contribution in [2.45, 2.75) is 39.4 Å². The lowest BCUT2D eigenvalue weighted by Gasteiger charge is -2.06. The van der Waals surface area contributed by atoms with Crippen molar-refractivity contribution in [3.05, 3.63) is 29.3 Å². The molecule has 0 amide bonds. The fourth-order valence-corrected chi connectivity index (χ4v) is 1.93. The van der Waals surface area contributed by atoms with Crippen LogP contribution < -0.4 is 0 Å². The SMILES string of the molecule is CCCc1cccc(C#C[Si](C)(C)C)c1O. The van der Waals surface area contributed by atoms with E-state index in [-0.39, 0.29) is 0 Å². The number of aryl methyl sites for hydroxylation is 1. The Labute approximate surface area is 99.5 Å². The van der Waals surface area contributed by atoms with E-state index in [1.165, 1.54) is 0 Å². The molecule has 0 fully saturated rings. The number of rotatable bonds is 2. The Morgan fingerprint density at radius 3 is 2.50 bits per heavy atom. The van der Waals surface area contributed by atoms with Gasteiger partial charge < -0.3 is 5.11 Å². The Kier molecular flexibility index (Phi) is 4.20. The van der Waals surface area contributed by atoms with E-state index in [1.807, 2.05) is 18.2 Å². The van der Waals surface area contributed by atoms with E-state index >= 15 is 0 Å². The predicted molar refractivity (Wildman–Crippen MR) is 72.3 cm³/mol. The molecule has 0 unspecified atom stereocenters. The number of phenolic OH excluding ortho intramolecular Hbond substituents is 1. The Balaban J connectivity index is 3.05. The highest BCUT2D eigenvalue weighted by Crippen LogP contribution is 2.22. The van der Waals surface area contributed by atoms with E-state index < -0.39 is 8.07 Å². The number of phenols is 1. The monoisotopic (exact) mass is 232 g/mol. The third-order valence-electron chi connectivity index (χ3n) is 2.21. The second-order valence-electron chi connectivity index (χ2n) is 5.06. The zero-order valence-electron chi connectivity index (χ0n) is 10.6. The van der Waals surface area contributed by atoms with Crippen LogP contribution in [0.1, 0.15) is 24.5 Å².